The molecule has 0 unspecified atom stereocenters. The van der Waals surface area contributed by atoms with Crippen molar-refractivity contribution in [3.05, 3.63) is 101 Å². The molecule has 0 saturated carbocycles. The Labute approximate surface area is 190 Å². The van der Waals surface area contributed by atoms with Crippen LogP contribution in [-0.4, -0.2) is 17.8 Å². The molecule has 7 heteroatoms. The van der Waals surface area contributed by atoms with Gasteiger partial charge in [-0.25, -0.2) is 9.69 Å². The first-order valence-corrected chi connectivity index (χ1v) is 10.2. The molecule has 0 bridgehead atoms. The largest absolute Gasteiger partial charge is 0.489 e. The van der Waals surface area contributed by atoms with Crippen LogP contribution in [0.2, 0.25) is 0 Å². The molecule has 33 heavy (non-hydrogen) atoms. The molecule has 1 aliphatic heterocycles. The SMILES string of the molecule is Cc1ccccc1N1C(=O)NC(=O)/C(=C\c2ccc(OCc3ccccc3C#N)cc2)C1=O. The second-order valence-electron chi connectivity index (χ2n) is 7.37. The highest BCUT2D eigenvalue weighted by Gasteiger charge is 2.37. The summed E-state index contributed by atoms with van der Waals surface area (Å²) < 4.78 is 5.75. The van der Waals surface area contributed by atoms with Crippen molar-refractivity contribution < 1.29 is 19.1 Å². The third kappa shape index (κ3) is 4.50. The first kappa shape index (κ1) is 21.5. The molecule has 0 spiro atoms. The molecule has 0 aromatic heterocycles. The zero-order valence-electron chi connectivity index (χ0n) is 17.7. The Morgan fingerprint density at radius 2 is 1.67 bits per heavy atom. The van der Waals surface area contributed by atoms with E-state index in [0.717, 1.165) is 16.0 Å². The third-order valence-electron chi connectivity index (χ3n) is 5.18. The van der Waals surface area contributed by atoms with E-state index in [1.165, 1.54) is 6.08 Å². The molecule has 1 saturated heterocycles. The van der Waals surface area contributed by atoms with Gasteiger partial charge in [0.15, 0.2) is 0 Å². The van der Waals surface area contributed by atoms with E-state index in [1.54, 1.807) is 67.6 Å². The standard InChI is InChI=1S/C26H19N3O4/c1-17-6-2-5-9-23(17)29-25(31)22(24(30)28-26(29)32)14-18-10-12-21(13-11-18)33-16-20-8-4-3-7-19(20)15-27/h2-14H,16H2,1H3,(H,28,30,32)/b22-14+. The first-order valence-electron chi connectivity index (χ1n) is 10.2. The Morgan fingerprint density at radius 1 is 0.970 bits per heavy atom. The van der Waals surface area contributed by atoms with E-state index in [0.29, 0.717) is 22.6 Å². The zero-order valence-corrected chi connectivity index (χ0v) is 17.7. The molecule has 0 atom stereocenters. The molecule has 1 N–H and O–H groups in total. The number of anilines is 1. The summed E-state index contributed by atoms with van der Waals surface area (Å²) in [6.45, 7) is 2.02. The number of hydrogen-bond donors (Lipinski definition) is 1. The average Bonchev–Trinajstić information content (AvgIpc) is 2.82. The van der Waals surface area contributed by atoms with Gasteiger partial charge in [-0.05, 0) is 48.4 Å². The predicted molar refractivity (Wildman–Crippen MR) is 122 cm³/mol. The molecule has 0 radical (unpaired) electrons. The number of para-hydroxylation sites is 1. The van der Waals surface area contributed by atoms with Crippen LogP contribution in [0.5, 0.6) is 5.75 Å². The van der Waals surface area contributed by atoms with Gasteiger partial charge in [-0.15, -0.1) is 0 Å². The smallest absolute Gasteiger partial charge is 0.335 e. The minimum Gasteiger partial charge on any atom is -0.489 e. The number of nitrogens with zero attached hydrogens (tertiary/aromatic N) is 2. The first-order chi connectivity index (χ1) is 16.0. The predicted octanol–water partition coefficient (Wildman–Crippen LogP) is 4.11. The van der Waals surface area contributed by atoms with Crippen molar-refractivity contribution >= 4 is 29.6 Å². The Kier molecular flexibility index (Phi) is 6.00. The fraction of sp³-hybridized carbons (Fsp3) is 0.0769. The third-order valence-corrected chi connectivity index (χ3v) is 5.18. The molecule has 1 aliphatic rings. The fourth-order valence-electron chi connectivity index (χ4n) is 3.43. The Balaban J connectivity index is 1.53. The lowest BCUT2D eigenvalue weighted by Gasteiger charge is -2.27. The number of aryl methyl sites for hydroxylation is 1. The quantitative estimate of drug-likeness (QED) is 0.478. The molecule has 3 aromatic rings. The molecule has 0 aliphatic carbocycles. The number of rotatable bonds is 5. The van der Waals surface area contributed by atoms with Crippen LogP contribution in [0, 0.1) is 18.3 Å². The van der Waals surface area contributed by atoms with Gasteiger partial charge in [-0.1, -0.05) is 48.5 Å². The molecule has 1 fully saturated rings. The van der Waals surface area contributed by atoms with Gasteiger partial charge in [0.2, 0.25) is 0 Å². The Morgan fingerprint density at radius 3 is 2.39 bits per heavy atom. The molecular weight excluding hydrogens is 418 g/mol. The number of nitrogens with one attached hydrogen (secondary N) is 1. The number of benzene rings is 3. The van der Waals surface area contributed by atoms with E-state index in [4.69, 9.17) is 4.74 Å². The number of carbonyl (C=O) groups excluding carboxylic acids is 3. The van der Waals surface area contributed by atoms with Crippen molar-refractivity contribution in [2.75, 3.05) is 4.90 Å². The second-order valence-corrected chi connectivity index (χ2v) is 7.37. The zero-order chi connectivity index (χ0) is 23.4. The van der Waals surface area contributed by atoms with Crippen LogP contribution in [0.4, 0.5) is 10.5 Å². The van der Waals surface area contributed by atoms with E-state index in [9.17, 15) is 19.6 Å². The number of nitriles is 1. The van der Waals surface area contributed by atoms with Gasteiger partial charge >= 0.3 is 6.03 Å². The summed E-state index contributed by atoms with van der Waals surface area (Å²) in [7, 11) is 0. The molecule has 162 valence electrons. The van der Waals surface area contributed by atoms with Crippen molar-refractivity contribution in [2.45, 2.75) is 13.5 Å². The van der Waals surface area contributed by atoms with Gasteiger partial charge in [0.25, 0.3) is 11.8 Å². The van der Waals surface area contributed by atoms with Gasteiger partial charge in [-0.3, -0.25) is 14.9 Å². The lowest BCUT2D eigenvalue weighted by Crippen LogP contribution is -2.54. The van der Waals surface area contributed by atoms with Gasteiger partial charge in [0.1, 0.15) is 17.9 Å². The van der Waals surface area contributed by atoms with Crippen LogP contribution < -0.4 is 15.0 Å². The lowest BCUT2D eigenvalue weighted by molar-refractivity contribution is -0.122. The maximum absolute atomic E-state index is 13.0. The van der Waals surface area contributed by atoms with Gasteiger partial charge < -0.3 is 4.74 Å². The lowest BCUT2D eigenvalue weighted by atomic mass is 10.1. The summed E-state index contributed by atoms with van der Waals surface area (Å²) in [5, 5.41) is 11.4. The number of hydrogen-bond acceptors (Lipinski definition) is 5. The van der Waals surface area contributed by atoms with E-state index in [-0.39, 0.29) is 12.2 Å². The van der Waals surface area contributed by atoms with Crippen LogP contribution in [0.25, 0.3) is 6.08 Å². The van der Waals surface area contributed by atoms with E-state index in [1.807, 2.05) is 12.1 Å². The maximum atomic E-state index is 13.0. The van der Waals surface area contributed by atoms with Crippen LogP contribution in [0.15, 0.2) is 78.4 Å². The maximum Gasteiger partial charge on any atom is 0.335 e. The molecule has 4 rings (SSSR count). The van der Waals surface area contributed by atoms with E-state index >= 15 is 0 Å². The summed E-state index contributed by atoms with van der Waals surface area (Å²) in [5.74, 6) is -0.865. The minimum atomic E-state index is -0.780. The number of urea groups is 1. The van der Waals surface area contributed by atoms with Crippen LogP contribution >= 0.6 is 0 Å². The van der Waals surface area contributed by atoms with Crippen molar-refractivity contribution in [1.82, 2.24) is 5.32 Å². The minimum absolute atomic E-state index is 0.144. The molecule has 3 aromatic carbocycles. The average molecular weight is 437 g/mol. The highest BCUT2D eigenvalue weighted by molar-refractivity contribution is 6.39. The molecule has 4 amide bonds. The van der Waals surface area contributed by atoms with Crippen LogP contribution in [-0.2, 0) is 16.2 Å². The van der Waals surface area contributed by atoms with Crippen LogP contribution in [0.1, 0.15) is 22.3 Å². The summed E-state index contributed by atoms with van der Waals surface area (Å²) >= 11 is 0. The van der Waals surface area contributed by atoms with Gasteiger partial charge in [-0.2, -0.15) is 5.26 Å². The summed E-state index contributed by atoms with van der Waals surface area (Å²) in [5.41, 5.74) is 2.92. The summed E-state index contributed by atoms with van der Waals surface area (Å²) in [6.07, 6.45) is 1.43. The monoisotopic (exact) mass is 437 g/mol. The van der Waals surface area contributed by atoms with Crippen molar-refractivity contribution in [2.24, 2.45) is 0 Å². The van der Waals surface area contributed by atoms with Gasteiger partial charge in [0.05, 0.1) is 17.3 Å². The number of imide groups is 2. The molecule has 1 heterocycles. The van der Waals surface area contributed by atoms with Gasteiger partial charge in [0, 0.05) is 5.56 Å². The van der Waals surface area contributed by atoms with Crippen LogP contribution in [0.3, 0.4) is 0 Å². The fourth-order valence-corrected chi connectivity index (χ4v) is 3.43. The number of amides is 4. The second kappa shape index (κ2) is 9.20. The number of carbonyl (C=O) groups is 3. The summed E-state index contributed by atoms with van der Waals surface area (Å²) in [4.78, 5) is 38.7. The number of barbiturate groups is 1. The Bertz CT molecular complexity index is 1320. The number of ether oxygens (including phenoxy) is 1. The van der Waals surface area contributed by atoms with E-state index in [2.05, 4.69) is 11.4 Å². The van der Waals surface area contributed by atoms with E-state index < -0.39 is 17.8 Å². The van der Waals surface area contributed by atoms with Crippen molar-refractivity contribution in [3.63, 3.8) is 0 Å². The highest BCUT2D eigenvalue weighted by atomic mass is 16.5. The Hall–Kier alpha value is -4.70. The highest BCUT2D eigenvalue weighted by Crippen LogP contribution is 2.25. The molecule has 7 nitrogen and oxygen atoms in total. The van der Waals surface area contributed by atoms with Crippen molar-refractivity contribution in [1.29, 1.82) is 5.26 Å². The van der Waals surface area contributed by atoms with Crippen molar-refractivity contribution in [3.8, 4) is 11.8 Å². The normalized spacial score (nSPS) is 14.7. The topological polar surface area (TPSA) is 99.5 Å². The summed E-state index contributed by atoms with van der Waals surface area (Å²) in [6, 6.07) is 22.3. The molecular formula is C26H19N3O4.